The van der Waals surface area contributed by atoms with Crippen LogP contribution in [-0.2, 0) is 0 Å². The molecular weight excluding hydrogens is 913 g/mol. The van der Waals surface area contributed by atoms with Crippen LogP contribution < -0.4 is 0 Å². The molecule has 0 aliphatic carbocycles. The van der Waals surface area contributed by atoms with Crippen molar-refractivity contribution in [2.45, 2.75) is 399 Å². The lowest BCUT2D eigenvalue weighted by Gasteiger charge is -2.34. The number of hydrogen-bond donors (Lipinski definition) is 0. The van der Waals surface area contributed by atoms with Crippen molar-refractivity contribution in [3.05, 3.63) is 0 Å². The summed E-state index contributed by atoms with van der Waals surface area (Å²) in [5, 5.41) is 0. The van der Waals surface area contributed by atoms with Crippen LogP contribution in [0.5, 0.6) is 0 Å². The van der Waals surface area contributed by atoms with Crippen molar-refractivity contribution in [1.82, 2.24) is 0 Å². The fraction of sp³-hybridized carbons (Fsp3) is 1.00. The molecule has 0 aromatic carbocycles. The molecule has 0 aromatic rings. The molecule has 0 saturated heterocycles. The maximum atomic E-state index is 7.70. The Kier molecular flexibility index (Phi) is 52.7. The quantitative estimate of drug-likeness (QED) is 0.264. The summed E-state index contributed by atoms with van der Waals surface area (Å²) in [6, 6.07) is 0. The first-order valence-corrected chi connectivity index (χ1v) is 30.9. The molecule has 0 N–H and O–H groups in total. The van der Waals surface area contributed by atoms with Crippen LogP contribution in [0.1, 0.15) is 410 Å². The zero-order chi connectivity index (χ0) is 73.1. The topological polar surface area (TPSA) is 0 Å². The van der Waals surface area contributed by atoms with Crippen LogP contribution in [0.2, 0.25) is 0 Å². The average molecular weight is 1100 g/mol. The summed E-state index contributed by atoms with van der Waals surface area (Å²) < 4.78 is 58.3. The zero-order valence-corrected chi connectivity index (χ0v) is 65.1. The maximum absolute atomic E-state index is 7.70. The first-order valence-electron chi connectivity index (χ1n) is 34.9. The highest BCUT2D eigenvalue weighted by molar-refractivity contribution is 4.77. The van der Waals surface area contributed by atoms with Crippen molar-refractivity contribution >= 4 is 0 Å². The first kappa shape index (κ1) is 82.5. The van der Waals surface area contributed by atoms with Crippen molar-refractivity contribution in [3.8, 4) is 0 Å². The molecule has 0 aliphatic rings. The summed E-state index contributed by atoms with van der Waals surface area (Å²) in [5.41, 5.74) is 2.89. The smallest absolute Gasteiger partial charge is 0.0302 e. The van der Waals surface area contributed by atoms with Gasteiger partial charge in [-0.25, -0.2) is 0 Å². The van der Waals surface area contributed by atoms with Crippen LogP contribution in [0.25, 0.3) is 0 Å². The van der Waals surface area contributed by atoms with Gasteiger partial charge in [-0.3, -0.25) is 0 Å². The largest absolute Gasteiger partial charge is 0.0654 e. The number of hydrogen-bond acceptors (Lipinski definition) is 0. The first-order chi connectivity index (χ1) is 34.9. The van der Waals surface area contributed by atoms with Crippen molar-refractivity contribution in [1.29, 1.82) is 0 Å². The Morgan fingerprint density at radius 2 is 0.526 bits per heavy atom. The van der Waals surface area contributed by atoms with Crippen molar-refractivity contribution < 1.29 is 11.0 Å². The Bertz CT molecular complexity index is 1240. The third-order valence-electron chi connectivity index (χ3n) is 10.8. The Balaban J connectivity index is -0.0000000677. The van der Waals surface area contributed by atoms with E-state index in [0.29, 0.717) is 37.9 Å². The van der Waals surface area contributed by atoms with E-state index >= 15 is 0 Å². The summed E-state index contributed by atoms with van der Waals surface area (Å²) in [5.74, 6) is 1.69. The molecular formula is C76H176. The minimum absolute atomic E-state index is 0.0903. The summed E-state index contributed by atoms with van der Waals surface area (Å²) in [7, 11) is 0. The van der Waals surface area contributed by atoms with Gasteiger partial charge in [-0.15, -0.1) is 0 Å². The average Bonchev–Trinajstić information content (AvgIpc) is 3.06. The highest BCUT2D eigenvalue weighted by Crippen LogP contribution is 2.36. The molecule has 0 amide bonds. The molecule has 76 heavy (non-hydrogen) atoms. The summed E-state index contributed by atoms with van der Waals surface area (Å²) in [6.07, 6.45) is 4.18. The lowest BCUT2D eigenvalue weighted by molar-refractivity contribution is 0.157. The van der Waals surface area contributed by atoms with E-state index in [1.807, 2.05) is 83.1 Å². The second-order valence-corrected chi connectivity index (χ2v) is 36.9. The van der Waals surface area contributed by atoms with Crippen molar-refractivity contribution in [2.75, 3.05) is 0 Å². The van der Waals surface area contributed by atoms with Gasteiger partial charge in [0, 0.05) is 11.0 Å². The van der Waals surface area contributed by atoms with Gasteiger partial charge in [-0.1, -0.05) is 380 Å². The summed E-state index contributed by atoms with van der Waals surface area (Å²) >= 11 is 0. The molecule has 0 unspecified atom stereocenters. The van der Waals surface area contributed by atoms with Crippen molar-refractivity contribution in [2.24, 2.45) is 101 Å². The van der Waals surface area contributed by atoms with Crippen LogP contribution >= 0.6 is 0 Å². The monoisotopic (exact) mass is 1100 g/mol. The van der Waals surface area contributed by atoms with E-state index in [1.165, 1.54) is 25.7 Å². The van der Waals surface area contributed by atoms with Crippen molar-refractivity contribution in [3.63, 3.8) is 0 Å². The fourth-order valence-electron chi connectivity index (χ4n) is 2.84. The van der Waals surface area contributed by atoms with Gasteiger partial charge in [-0.05, 0) is 120 Å². The highest BCUT2D eigenvalue weighted by atomic mass is 14.3. The predicted molar refractivity (Wildman–Crippen MR) is 375 cm³/mol. The summed E-state index contributed by atoms with van der Waals surface area (Å²) in [4.78, 5) is 0. The Morgan fingerprint density at radius 1 is 0.342 bits per heavy atom. The Hall–Kier alpha value is 0. The van der Waals surface area contributed by atoms with Crippen LogP contribution in [0.15, 0.2) is 0 Å². The fourth-order valence-corrected chi connectivity index (χ4v) is 2.84. The van der Waals surface area contributed by atoms with E-state index < -0.39 is 18.6 Å². The second-order valence-electron chi connectivity index (χ2n) is 36.9. The van der Waals surface area contributed by atoms with Gasteiger partial charge in [0.05, 0.1) is 0 Å². The normalized spacial score (nSPS) is 14.6. The molecule has 0 heterocycles. The van der Waals surface area contributed by atoms with E-state index in [0.717, 1.165) is 17.8 Å². The van der Waals surface area contributed by atoms with E-state index in [9.17, 15) is 0 Å². The van der Waals surface area contributed by atoms with Gasteiger partial charge >= 0.3 is 0 Å². The SMILES string of the molecule is CC(C)(C)C.CC(C)(C)C(C)(C)C.CC(C)C.CC(C)C(C)(C)C.CC(C)CC(C)(C)C.CCC(C)(C)C.CCCC(C)(C)C.[2H]C(C)(C)C.[2H]C(C)(C)C(C)(C)C.[2H]C(C)(C)C(C)(C)C.[2H]C([2H])(C(C)C)C(C)(C)C.[2H]C([2H])([2H])C(C)(C)C. The maximum Gasteiger partial charge on any atom is 0.0302 e. The molecule has 0 nitrogen and oxygen atoms in total. The highest BCUT2D eigenvalue weighted by Gasteiger charge is 2.27. The lowest BCUT2D eigenvalue weighted by Crippen LogP contribution is -2.25. The molecule has 0 aliphatic heterocycles. The standard InChI is InChI=1S/3C8H18.4C7H16.C6H14.2C5H12.2C4H10/c2*1-7(2)6-8(3,4)5;1-7(2,3)8(4,5)6;3*1-6(2)7(3,4)5;1-5-6-7(2,3)4;1-5-6(2,3)4;2*1-5(2,3)4;2*1-4(2)3/h2*7H,6H2,1-5H3;1-6H3;3*6H,1-5H3;5-6H2,1-4H3;5H2,1-4H3;2*1-4H3;2*4H,1-3H3/i6D2;;;2*6D;;;;1D3;;4D;. The molecule has 0 saturated carbocycles. The molecule has 0 radical (unpaired) electrons. The molecule has 0 bridgehead atoms. The van der Waals surface area contributed by atoms with Gasteiger partial charge in [0.25, 0.3) is 0 Å². The Labute approximate surface area is 508 Å². The van der Waals surface area contributed by atoms with E-state index in [1.54, 1.807) is 20.8 Å². The zero-order valence-electron chi connectivity index (χ0n) is 73.1. The Morgan fingerprint density at radius 3 is 0.526 bits per heavy atom. The molecule has 0 fully saturated rings. The lowest BCUT2D eigenvalue weighted by atomic mass is 9.71. The molecule has 0 heteroatoms. The van der Waals surface area contributed by atoms with Gasteiger partial charge in [0.1, 0.15) is 0 Å². The van der Waals surface area contributed by atoms with E-state index in [4.69, 9.17) is 11.0 Å². The van der Waals surface area contributed by atoms with Gasteiger partial charge < -0.3 is 0 Å². The molecule has 0 atom stereocenters. The molecule has 0 spiro atoms. The third kappa shape index (κ3) is 204. The molecule has 0 rings (SSSR count). The molecule has 480 valence electrons. The van der Waals surface area contributed by atoms with E-state index in [-0.39, 0.29) is 39.8 Å². The van der Waals surface area contributed by atoms with Crippen LogP contribution in [-0.4, -0.2) is 0 Å². The van der Waals surface area contributed by atoms with Gasteiger partial charge in [0.15, 0.2) is 0 Å². The predicted octanol–water partition coefficient (Wildman–Crippen LogP) is 30.0. The third-order valence-corrected chi connectivity index (χ3v) is 10.8. The van der Waals surface area contributed by atoms with Crippen LogP contribution in [0, 0.1) is 101 Å². The van der Waals surface area contributed by atoms with Crippen LogP contribution in [0.3, 0.4) is 0 Å². The minimum atomic E-state index is -1.81. The number of rotatable bonds is 3. The summed E-state index contributed by atoms with van der Waals surface area (Å²) in [6.45, 7) is 108. The molecule has 0 aromatic heterocycles. The van der Waals surface area contributed by atoms with Crippen LogP contribution in [0.4, 0.5) is 0 Å². The second kappa shape index (κ2) is 48.5. The van der Waals surface area contributed by atoms with Gasteiger partial charge in [-0.2, -0.15) is 0 Å². The minimum Gasteiger partial charge on any atom is -0.0654 e. The van der Waals surface area contributed by atoms with E-state index in [2.05, 4.69) is 256 Å². The van der Waals surface area contributed by atoms with Gasteiger partial charge in [0.2, 0.25) is 0 Å².